The monoisotopic (exact) mass is 397 g/mol. The van der Waals surface area contributed by atoms with Crippen molar-refractivity contribution in [3.8, 4) is 0 Å². The minimum absolute atomic E-state index is 0.223. The fourth-order valence-corrected chi connectivity index (χ4v) is 4.14. The Bertz CT molecular complexity index is 1050. The second kappa shape index (κ2) is 8.53. The first-order chi connectivity index (χ1) is 13.7. The summed E-state index contributed by atoms with van der Waals surface area (Å²) in [5, 5.41) is 8.26. The first-order valence-corrected chi connectivity index (χ1v) is 10.0. The van der Waals surface area contributed by atoms with E-state index >= 15 is 0 Å². The van der Waals surface area contributed by atoms with E-state index in [1.807, 2.05) is 12.1 Å². The van der Waals surface area contributed by atoms with Gasteiger partial charge in [-0.3, -0.25) is 4.79 Å². The van der Waals surface area contributed by atoms with E-state index in [9.17, 15) is 9.59 Å². The maximum atomic E-state index is 12.6. The molecule has 0 radical (unpaired) electrons. The lowest BCUT2D eigenvalue weighted by Crippen LogP contribution is -2.26. The number of rotatable bonds is 6. The smallest absolute Gasteiger partial charge is 0.341 e. The molecule has 0 bridgehead atoms. The SMILES string of the molecule is O=C(OCn1nnc2ccccc2c1=O)c1ccccc1SC[C@@H]1CCCO1. The Morgan fingerprint density at radius 2 is 2.04 bits per heavy atom. The van der Waals surface area contributed by atoms with Crippen LogP contribution in [0.4, 0.5) is 0 Å². The van der Waals surface area contributed by atoms with Crippen LogP contribution in [0.2, 0.25) is 0 Å². The van der Waals surface area contributed by atoms with Crippen LogP contribution in [0.1, 0.15) is 23.2 Å². The van der Waals surface area contributed by atoms with Crippen molar-refractivity contribution in [2.24, 2.45) is 0 Å². The van der Waals surface area contributed by atoms with E-state index in [4.69, 9.17) is 9.47 Å². The Kier molecular flexibility index (Phi) is 5.68. The molecule has 0 saturated carbocycles. The Morgan fingerprint density at radius 3 is 2.89 bits per heavy atom. The summed E-state index contributed by atoms with van der Waals surface area (Å²) in [5.41, 5.74) is 0.623. The molecule has 2 heterocycles. The molecule has 1 fully saturated rings. The Balaban J connectivity index is 1.45. The summed E-state index contributed by atoms with van der Waals surface area (Å²) < 4.78 is 12.0. The van der Waals surface area contributed by atoms with Gasteiger partial charge in [-0.1, -0.05) is 29.5 Å². The van der Waals surface area contributed by atoms with Gasteiger partial charge < -0.3 is 9.47 Å². The number of thioether (sulfide) groups is 1. The molecular weight excluding hydrogens is 378 g/mol. The number of aromatic nitrogens is 3. The summed E-state index contributed by atoms with van der Waals surface area (Å²) in [7, 11) is 0. The third-order valence-corrected chi connectivity index (χ3v) is 5.71. The van der Waals surface area contributed by atoms with Gasteiger partial charge in [0.1, 0.15) is 5.52 Å². The average molecular weight is 397 g/mol. The summed E-state index contributed by atoms with van der Waals surface area (Å²) in [6.07, 6.45) is 2.35. The number of nitrogens with zero attached hydrogens (tertiary/aromatic N) is 3. The van der Waals surface area contributed by atoms with Crippen molar-refractivity contribution in [1.29, 1.82) is 0 Å². The van der Waals surface area contributed by atoms with Crippen molar-refractivity contribution in [3.05, 3.63) is 64.4 Å². The average Bonchev–Trinajstić information content (AvgIpc) is 3.26. The highest BCUT2D eigenvalue weighted by Gasteiger charge is 2.19. The molecule has 0 N–H and O–H groups in total. The first kappa shape index (κ1) is 18.6. The van der Waals surface area contributed by atoms with Crippen LogP contribution in [-0.2, 0) is 16.2 Å². The zero-order chi connectivity index (χ0) is 19.3. The fraction of sp³-hybridized carbons (Fsp3) is 0.300. The van der Waals surface area contributed by atoms with Crippen LogP contribution in [0.15, 0.2) is 58.2 Å². The summed E-state index contributed by atoms with van der Waals surface area (Å²) in [6.45, 7) is 0.511. The van der Waals surface area contributed by atoms with Gasteiger partial charge in [0.15, 0.2) is 6.73 Å². The Morgan fingerprint density at radius 1 is 1.21 bits per heavy atom. The summed E-state index contributed by atoms with van der Waals surface area (Å²) in [6, 6.07) is 14.2. The molecular formula is C20H19N3O4S. The molecule has 8 heteroatoms. The zero-order valence-corrected chi connectivity index (χ0v) is 15.9. The van der Waals surface area contributed by atoms with Gasteiger partial charge in [-0.15, -0.1) is 16.9 Å². The second-order valence-corrected chi connectivity index (χ2v) is 7.48. The van der Waals surface area contributed by atoms with Gasteiger partial charge in [-0.2, -0.15) is 4.68 Å². The van der Waals surface area contributed by atoms with Crippen LogP contribution in [0.5, 0.6) is 0 Å². The number of ether oxygens (including phenoxy) is 2. The van der Waals surface area contributed by atoms with E-state index < -0.39 is 5.97 Å². The minimum atomic E-state index is -0.503. The molecule has 7 nitrogen and oxygen atoms in total. The molecule has 1 aliphatic heterocycles. The molecule has 1 aliphatic rings. The van der Waals surface area contributed by atoms with Gasteiger partial charge >= 0.3 is 5.97 Å². The van der Waals surface area contributed by atoms with Crippen molar-refractivity contribution < 1.29 is 14.3 Å². The lowest BCUT2D eigenvalue weighted by molar-refractivity contribution is 0.0332. The summed E-state index contributed by atoms with van der Waals surface area (Å²) in [4.78, 5) is 25.9. The molecule has 0 amide bonds. The van der Waals surface area contributed by atoms with Gasteiger partial charge in [-0.25, -0.2) is 4.79 Å². The molecule has 0 aliphatic carbocycles. The molecule has 3 aromatic rings. The third-order valence-electron chi connectivity index (χ3n) is 4.50. The Labute approximate surface area is 165 Å². The molecule has 1 atom stereocenters. The van der Waals surface area contributed by atoms with Gasteiger partial charge in [0.25, 0.3) is 5.56 Å². The highest BCUT2D eigenvalue weighted by Crippen LogP contribution is 2.27. The van der Waals surface area contributed by atoms with Crippen LogP contribution in [0.3, 0.4) is 0 Å². The van der Waals surface area contributed by atoms with Crippen LogP contribution < -0.4 is 5.56 Å². The van der Waals surface area contributed by atoms with E-state index in [2.05, 4.69) is 10.3 Å². The molecule has 2 aromatic carbocycles. The molecule has 0 unspecified atom stereocenters. The van der Waals surface area contributed by atoms with Crippen LogP contribution in [0, 0.1) is 0 Å². The zero-order valence-electron chi connectivity index (χ0n) is 15.1. The largest absolute Gasteiger partial charge is 0.439 e. The molecule has 0 spiro atoms. The van der Waals surface area contributed by atoms with Crippen molar-refractivity contribution in [3.63, 3.8) is 0 Å². The number of carbonyl (C=O) groups excluding carboxylic acids is 1. The highest BCUT2D eigenvalue weighted by molar-refractivity contribution is 7.99. The van der Waals surface area contributed by atoms with Gasteiger partial charge in [0, 0.05) is 17.3 Å². The lowest BCUT2D eigenvalue weighted by Gasteiger charge is -2.12. The van der Waals surface area contributed by atoms with E-state index in [1.54, 1.807) is 48.2 Å². The van der Waals surface area contributed by atoms with E-state index in [-0.39, 0.29) is 18.4 Å². The molecule has 28 heavy (non-hydrogen) atoms. The van der Waals surface area contributed by atoms with Gasteiger partial charge in [0.2, 0.25) is 0 Å². The third kappa shape index (κ3) is 4.07. The minimum Gasteiger partial charge on any atom is -0.439 e. The number of benzene rings is 2. The van der Waals surface area contributed by atoms with Crippen molar-refractivity contribution in [2.75, 3.05) is 12.4 Å². The number of esters is 1. The van der Waals surface area contributed by atoms with Gasteiger partial charge in [-0.05, 0) is 37.1 Å². The van der Waals surface area contributed by atoms with Crippen LogP contribution >= 0.6 is 11.8 Å². The molecule has 1 aromatic heterocycles. The summed E-state index contributed by atoms with van der Waals surface area (Å²) in [5.74, 6) is 0.289. The summed E-state index contributed by atoms with van der Waals surface area (Å²) >= 11 is 1.58. The van der Waals surface area contributed by atoms with E-state index in [0.29, 0.717) is 16.5 Å². The van der Waals surface area contributed by atoms with E-state index in [1.165, 1.54) is 0 Å². The fourth-order valence-electron chi connectivity index (χ4n) is 3.03. The van der Waals surface area contributed by atoms with Crippen molar-refractivity contribution >= 4 is 28.6 Å². The number of hydrogen-bond donors (Lipinski definition) is 0. The molecule has 4 rings (SSSR count). The highest BCUT2D eigenvalue weighted by atomic mass is 32.2. The standard InChI is InChI=1S/C20H19N3O4S/c24-19-15-7-1-3-9-17(15)21-22-23(19)13-27-20(25)16-8-2-4-10-18(16)28-12-14-6-5-11-26-14/h1-4,7-10,14H,5-6,11-13H2/t14-/m0/s1. The number of hydrogen-bond acceptors (Lipinski definition) is 7. The maximum absolute atomic E-state index is 12.6. The first-order valence-electron chi connectivity index (χ1n) is 9.05. The molecule has 1 saturated heterocycles. The number of fused-ring (bicyclic) bond motifs is 1. The predicted molar refractivity (Wildman–Crippen MR) is 105 cm³/mol. The quantitative estimate of drug-likeness (QED) is 0.467. The lowest BCUT2D eigenvalue weighted by atomic mass is 10.2. The topological polar surface area (TPSA) is 83.3 Å². The Hall–Kier alpha value is -2.71. The van der Waals surface area contributed by atoms with Crippen LogP contribution in [0.25, 0.3) is 10.9 Å². The predicted octanol–water partition coefficient (Wildman–Crippen LogP) is 2.88. The van der Waals surface area contributed by atoms with E-state index in [0.717, 1.165) is 34.8 Å². The van der Waals surface area contributed by atoms with Crippen LogP contribution in [-0.4, -0.2) is 39.4 Å². The second-order valence-electron chi connectivity index (χ2n) is 6.41. The van der Waals surface area contributed by atoms with Gasteiger partial charge in [0.05, 0.1) is 17.1 Å². The van der Waals surface area contributed by atoms with Crippen molar-refractivity contribution in [1.82, 2.24) is 15.0 Å². The molecule has 144 valence electrons. The maximum Gasteiger partial charge on any atom is 0.341 e. The van der Waals surface area contributed by atoms with Crippen molar-refractivity contribution in [2.45, 2.75) is 30.6 Å². The normalized spacial score (nSPS) is 16.4. The number of carbonyl (C=O) groups is 1.